The summed E-state index contributed by atoms with van der Waals surface area (Å²) in [5.74, 6) is 3.18. The van der Waals surface area contributed by atoms with Crippen LogP contribution in [0.1, 0.15) is 5.56 Å². The second-order valence-corrected chi connectivity index (χ2v) is 3.49. The van der Waals surface area contributed by atoms with Gasteiger partial charge in [-0.3, -0.25) is 0 Å². The Hall–Kier alpha value is -1.92. The van der Waals surface area contributed by atoms with Gasteiger partial charge in [0.25, 0.3) is 0 Å². The van der Waals surface area contributed by atoms with Crippen LogP contribution in [-0.4, -0.2) is 23.3 Å². The van der Waals surface area contributed by atoms with Crippen molar-refractivity contribution in [1.29, 1.82) is 0 Å². The van der Waals surface area contributed by atoms with Crippen LogP contribution in [-0.2, 0) is 6.42 Å². The maximum absolute atomic E-state index is 8.94. The molecule has 3 heteroatoms. The van der Waals surface area contributed by atoms with Crippen LogP contribution in [0.25, 0.3) is 10.9 Å². The monoisotopic (exact) mass is 215 g/mol. The minimum absolute atomic E-state index is 0.141. The highest BCUT2D eigenvalue weighted by molar-refractivity contribution is 5.84. The first kappa shape index (κ1) is 10.6. The molecule has 0 saturated carbocycles. The summed E-state index contributed by atoms with van der Waals surface area (Å²) in [5, 5.41) is 10.0. The van der Waals surface area contributed by atoms with Gasteiger partial charge in [0.15, 0.2) is 0 Å². The number of hydrogen-bond acceptors (Lipinski definition) is 2. The van der Waals surface area contributed by atoms with Crippen LogP contribution in [0.4, 0.5) is 0 Å². The first-order valence-corrected chi connectivity index (χ1v) is 5.12. The van der Waals surface area contributed by atoms with E-state index in [0.29, 0.717) is 6.42 Å². The molecule has 0 spiro atoms. The van der Waals surface area contributed by atoms with Crippen LogP contribution in [0.15, 0.2) is 24.4 Å². The molecule has 2 rings (SSSR count). The molecule has 1 aromatic carbocycles. The Morgan fingerprint density at radius 1 is 1.44 bits per heavy atom. The van der Waals surface area contributed by atoms with E-state index in [0.717, 1.165) is 22.2 Å². The fourth-order valence-corrected chi connectivity index (χ4v) is 1.70. The minimum atomic E-state index is 0.141. The summed E-state index contributed by atoms with van der Waals surface area (Å²) in [6, 6.07) is 5.76. The number of terminal acetylenes is 1. The summed E-state index contributed by atoms with van der Waals surface area (Å²) in [4.78, 5) is 3.15. The lowest BCUT2D eigenvalue weighted by Crippen LogP contribution is -1.93. The zero-order valence-corrected chi connectivity index (χ0v) is 8.86. The van der Waals surface area contributed by atoms with E-state index < -0.39 is 0 Å². The summed E-state index contributed by atoms with van der Waals surface area (Å²) >= 11 is 0. The van der Waals surface area contributed by atoms with E-state index in [1.807, 2.05) is 24.4 Å². The van der Waals surface area contributed by atoms with Crippen LogP contribution in [0, 0.1) is 12.3 Å². The first-order valence-electron chi connectivity index (χ1n) is 5.12. The molecule has 0 radical (unpaired) electrons. The Morgan fingerprint density at radius 2 is 2.31 bits per heavy atom. The fourth-order valence-electron chi connectivity index (χ4n) is 1.70. The average Bonchev–Trinajstić information content (AvgIpc) is 2.70. The molecule has 0 unspecified atom stereocenters. The Morgan fingerprint density at radius 3 is 3.06 bits per heavy atom. The van der Waals surface area contributed by atoms with Crippen LogP contribution in [0.3, 0.4) is 0 Å². The van der Waals surface area contributed by atoms with Crippen LogP contribution in [0.5, 0.6) is 5.75 Å². The van der Waals surface area contributed by atoms with Gasteiger partial charge in [-0.2, -0.15) is 0 Å². The zero-order chi connectivity index (χ0) is 11.4. The molecular formula is C13H13NO2. The number of aliphatic hydroxyl groups excluding tert-OH is 1. The van der Waals surface area contributed by atoms with Crippen molar-refractivity contribution >= 4 is 10.9 Å². The molecule has 1 aromatic heterocycles. The molecule has 0 amide bonds. The molecule has 0 atom stereocenters. The van der Waals surface area contributed by atoms with Crippen LogP contribution in [0.2, 0.25) is 0 Å². The molecule has 2 N–H and O–H groups in total. The summed E-state index contributed by atoms with van der Waals surface area (Å²) < 4.78 is 5.35. The standard InChI is InChI=1S/C13H13NO2/c1-2-7-16-11-3-4-13-12(8-11)10(5-6-15)9-14-13/h1,3-4,8-9,14-15H,5-7H2. The van der Waals surface area contributed by atoms with Crippen LogP contribution < -0.4 is 4.74 Å². The molecule has 0 aliphatic heterocycles. The number of aromatic amines is 1. The van der Waals surface area contributed by atoms with Gasteiger partial charge in [0.2, 0.25) is 0 Å². The van der Waals surface area contributed by atoms with Gasteiger partial charge in [0.1, 0.15) is 12.4 Å². The number of hydrogen-bond donors (Lipinski definition) is 2. The van der Waals surface area contributed by atoms with Gasteiger partial charge in [0, 0.05) is 23.7 Å². The summed E-state index contributed by atoms with van der Waals surface area (Å²) in [6.07, 6.45) is 7.68. The number of benzene rings is 1. The maximum atomic E-state index is 8.94. The van der Waals surface area contributed by atoms with Crippen molar-refractivity contribution in [1.82, 2.24) is 4.98 Å². The Kier molecular flexibility index (Phi) is 3.13. The third-order valence-corrected chi connectivity index (χ3v) is 2.44. The Balaban J connectivity index is 2.34. The molecule has 0 saturated heterocycles. The minimum Gasteiger partial charge on any atom is -0.481 e. The largest absolute Gasteiger partial charge is 0.481 e. The van der Waals surface area contributed by atoms with E-state index in [2.05, 4.69) is 10.9 Å². The number of ether oxygens (including phenoxy) is 1. The van der Waals surface area contributed by atoms with Crippen molar-refractivity contribution in [3.63, 3.8) is 0 Å². The van der Waals surface area contributed by atoms with Gasteiger partial charge in [-0.15, -0.1) is 6.42 Å². The van der Waals surface area contributed by atoms with E-state index in [4.69, 9.17) is 16.3 Å². The topological polar surface area (TPSA) is 45.2 Å². The summed E-state index contributed by atoms with van der Waals surface area (Å²) in [5.41, 5.74) is 2.13. The first-order chi connectivity index (χ1) is 7.85. The fraction of sp³-hybridized carbons (Fsp3) is 0.231. The van der Waals surface area contributed by atoms with Gasteiger partial charge in [-0.1, -0.05) is 5.92 Å². The van der Waals surface area contributed by atoms with Gasteiger partial charge < -0.3 is 14.8 Å². The highest BCUT2D eigenvalue weighted by Crippen LogP contribution is 2.23. The Labute approximate surface area is 94.1 Å². The molecule has 0 aliphatic carbocycles. The molecular weight excluding hydrogens is 202 g/mol. The number of aromatic nitrogens is 1. The van der Waals surface area contributed by atoms with E-state index in [1.165, 1.54) is 0 Å². The normalized spacial score (nSPS) is 10.2. The summed E-state index contributed by atoms with van der Waals surface area (Å²) in [6.45, 7) is 0.410. The average molecular weight is 215 g/mol. The lowest BCUT2D eigenvalue weighted by molar-refractivity contribution is 0.300. The molecule has 3 nitrogen and oxygen atoms in total. The van der Waals surface area contributed by atoms with E-state index >= 15 is 0 Å². The quantitative estimate of drug-likeness (QED) is 0.763. The van der Waals surface area contributed by atoms with Crippen molar-refractivity contribution in [2.45, 2.75) is 6.42 Å². The highest BCUT2D eigenvalue weighted by Gasteiger charge is 2.04. The van der Waals surface area contributed by atoms with Gasteiger partial charge in [-0.05, 0) is 30.2 Å². The lowest BCUT2D eigenvalue weighted by Gasteiger charge is -2.02. The predicted octanol–water partition coefficient (Wildman–Crippen LogP) is 1.71. The van der Waals surface area contributed by atoms with Crippen molar-refractivity contribution in [2.24, 2.45) is 0 Å². The van der Waals surface area contributed by atoms with Crippen molar-refractivity contribution in [3.05, 3.63) is 30.0 Å². The molecule has 2 aromatic rings. The molecule has 0 bridgehead atoms. The number of H-pyrrole nitrogens is 1. The number of fused-ring (bicyclic) bond motifs is 1. The van der Waals surface area contributed by atoms with Gasteiger partial charge >= 0.3 is 0 Å². The van der Waals surface area contributed by atoms with E-state index in [1.54, 1.807) is 0 Å². The molecule has 16 heavy (non-hydrogen) atoms. The SMILES string of the molecule is C#CCOc1ccc2[nH]cc(CCO)c2c1. The lowest BCUT2D eigenvalue weighted by atomic mass is 10.1. The highest BCUT2D eigenvalue weighted by atomic mass is 16.5. The van der Waals surface area contributed by atoms with Crippen molar-refractivity contribution in [2.75, 3.05) is 13.2 Å². The van der Waals surface area contributed by atoms with Crippen molar-refractivity contribution < 1.29 is 9.84 Å². The van der Waals surface area contributed by atoms with Crippen LogP contribution >= 0.6 is 0 Å². The predicted molar refractivity (Wildman–Crippen MR) is 63.4 cm³/mol. The molecule has 0 fully saturated rings. The molecule has 1 heterocycles. The molecule has 82 valence electrons. The third-order valence-electron chi connectivity index (χ3n) is 2.44. The maximum Gasteiger partial charge on any atom is 0.148 e. The second kappa shape index (κ2) is 4.73. The van der Waals surface area contributed by atoms with E-state index in [-0.39, 0.29) is 13.2 Å². The molecule has 0 aliphatic rings. The second-order valence-electron chi connectivity index (χ2n) is 3.49. The third kappa shape index (κ3) is 2.02. The summed E-state index contributed by atoms with van der Waals surface area (Å²) in [7, 11) is 0. The van der Waals surface area contributed by atoms with Gasteiger partial charge in [-0.25, -0.2) is 0 Å². The number of rotatable bonds is 4. The Bertz CT molecular complexity index is 522. The van der Waals surface area contributed by atoms with E-state index in [9.17, 15) is 0 Å². The van der Waals surface area contributed by atoms with Crippen molar-refractivity contribution in [3.8, 4) is 18.1 Å². The number of aliphatic hydroxyl groups is 1. The smallest absolute Gasteiger partial charge is 0.148 e. The number of nitrogens with one attached hydrogen (secondary N) is 1. The van der Waals surface area contributed by atoms with Gasteiger partial charge in [0.05, 0.1) is 0 Å². The zero-order valence-electron chi connectivity index (χ0n) is 8.86.